The predicted molar refractivity (Wildman–Crippen MR) is 35.1 cm³/mol. The van der Waals surface area contributed by atoms with Gasteiger partial charge in [-0.1, -0.05) is 0 Å². The molecule has 1 aliphatic heterocycles. The average molecular weight is 159 g/mol. The molecule has 0 aliphatic carbocycles. The normalized spacial score (nSPS) is 27.5. The Morgan fingerprint density at radius 2 is 2.27 bits per heavy atom. The summed E-state index contributed by atoms with van der Waals surface area (Å²) in [5.41, 5.74) is -0.817. The van der Waals surface area contributed by atoms with E-state index in [-0.39, 0.29) is 0 Å². The lowest BCUT2D eigenvalue weighted by atomic mass is 9.99. The zero-order valence-corrected chi connectivity index (χ0v) is 6.25. The molecule has 0 aromatic carbocycles. The van der Waals surface area contributed by atoms with E-state index in [0.717, 1.165) is 0 Å². The first kappa shape index (κ1) is 7.84. The Hall–Kier alpha value is -1.26. The van der Waals surface area contributed by atoms with Crippen LogP contribution in [-0.2, 0) is 9.53 Å². The van der Waals surface area contributed by atoms with Crippen molar-refractivity contribution in [1.29, 1.82) is 0 Å². The molecule has 1 amide bonds. The lowest BCUT2D eigenvalue weighted by Crippen LogP contribution is -2.46. The number of aliphatic carboxylic acids is 1. The maximum Gasteiger partial charge on any atom is 0.408 e. The number of carbonyl (C=O) groups excluding carboxylic acids is 1. The van der Waals surface area contributed by atoms with Crippen molar-refractivity contribution in [2.45, 2.75) is 25.5 Å². The zero-order valence-electron chi connectivity index (χ0n) is 6.25. The van der Waals surface area contributed by atoms with Gasteiger partial charge in [-0.3, -0.25) is 0 Å². The number of ether oxygens (including phenoxy) is 1. The summed E-state index contributed by atoms with van der Waals surface area (Å²) in [6.07, 6.45) is -1.77. The largest absolute Gasteiger partial charge is 0.478 e. The Morgan fingerprint density at radius 1 is 1.73 bits per heavy atom. The maximum atomic E-state index is 10.6. The van der Waals surface area contributed by atoms with Crippen LogP contribution in [0.1, 0.15) is 13.8 Å². The second-order valence-electron chi connectivity index (χ2n) is 2.97. The predicted octanol–water partition coefficient (Wildman–Crippen LogP) is -0.0420. The van der Waals surface area contributed by atoms with E-state index in [0.29, 0.717) is 0 Å². The van der Waals surface area contributed by atoms with Gasteiger partial charge in [0.05, 0.1) is 5.54 Å². The van der Waals surface area contributed by atoms with Gasteiger partial charge in [0.25, 0.3) is 0 Å². The van der Waals surface area contributed by atoms with Crippen molar-refractivity contribution >= 4 is 12.1 Å². The molecule has 1 fully saturated rings. The van der Waals surface area contributed by atoms with Gasteiger partial charge in [-0.25, -0.2) is 9.59 Å². The van der Waals surface area contributed by atoms with Crippen molar-refractivity contribution in [2.24, 2.45) is 0 Å². The first-order valence-corrected chi connectivity index (χ1v) is 3.15. The Balaban J connectivity index is 2.82. The molecule has 0 radical (unpaired) electrons. The minimum atomic E-state index is -1.13. The van der Waals surface area contributed by atoms with Crippen LogP contribution in [0.3, 0.4) is 0 Å². The third-order valence-corrected chi connectivity index (χ3v) is 1.53. The Bertz CT molecular complexity index is 211. The number of cyclic esters (lactones) is 1. The minimum absolute atomic E-state index is 0.678. The molecule has 1 heterocycles. The van der Waals surface area contributed by atoms with Crippen LogP contribution in [0.4, 0.5) is 4.79 Å². The number of nitrogens with one attached hydrogen (secondary N) is 1. The molecule has 0 aromatic rings. The third-order valence-electron chi connectivity index (χ3n) is 1.53. The highest BCUT2D eigenvalue weighted by Gasteiger charge is 2.45. The number of rotatable bonds is 1. The van der Waals surface area contributed by atoms with Crippen LogP contribution in [0.2, 0.25) is 0 Å². The first-order valence-electron chi connectivity index (χ1n) is 3.15. The summed E-state index contributed by atoms with van der Waals surface area (Å²) < 4.78 is 4.49. The SMILES string of the molecule is CC1(C)NC(=O)O[C@@H]1C(=O)O. The molecule has 1 aliphatic rings. The first-order chi connectivity index (χ1) is 4.93. The van der Waals surface area contributed by atoms with Crippen molar-refractivity contribution < 1.29 is 19.4 Å². The summed E-state index contributed by atoms with van der Waals surface area (Å²) in [6, 6.07) is 0. The molecule has 0 unspecified atom stereocenters. The van der Waals surface area contributed by atoms with E-state index < -0.39 is 23.7 Å². The Labute approximate surface area is 63.3 Å². The molecule has 0 bridgehead atoms. The lowest BCUT2D eigenvalue weighted by molar-refractivity contribution is -0.147. The summed E-state index contributed by atoms with van der Waals surface area (Å²) in [5, 5.41) is 10.9. The van der Waals surface area contributed by atoms with E-state index in [1.807, 2.05) is 0 Å². The van der Waals surface area contributed by atoms with Crippen molar-refractivity contribution in [3.8, 4) is 0 Å². The summed E-state index contributed by atoms with van der Waals surface area (Å²) in [4.78, 5) is 21.0. The van der Waals surface area contributed by atoms with Gasteiger partial charge in [0.2, 0.25) is 6.10 Å². The Kier molecular flexibility index (Phi) is 1.51. The number of carboxylic acids is 1. The number of hydrogen-bond acceptors (Lipinski definition) is 3. The van der Waals surface area contributed by atoms with E-state index in [4.69, 9.17) is 5.11 Å². The van der Waals surface area contributed by atoms with Gasteiger partial charge in [-0.2, -0.15) is 0 Å². The molecule has 5 nitrogen and oxygen atoms in total. The van der Waals surface area contributed by atoms with Gasteiger partial charge in [0.15, 0.2) is 0 Å². The third kappa shape index (κ3) is 1.26. The van der Waals surface area contributed by atoms with Crippen LogP contribution >= 0.6 is 0 Å². The quantitative estimate of drug-likeness (QED) is 0.562. The molecule has 1 rings (SSSR count). The molecule has 0 spiro atoms. The van der Waals surface area contributed by atoms with E-state index in [1.165, 1.54) is 0 Å². The van der Waals surface area contributed by atoms with Gasteiger partial charge >= 0.3 is 12.1 Å². The molecule has 1 saturated heterocycles. The molecule has 62 valence electrons. The molecule has 2 N–H and O–H groups in total. The molecular formula is C6H9NO4. The fourth-order valence-electron chi connectivity index (χ4n) is 0.972. The standard InChI is InChI=1S/C6H9NO4/c1-6(2)3(4(8)9)11-5(10)7-6/h3H,1-2H3,(H,7,10)(H,8,9)/t3-/m1/s1. The highest BCUT2D eigenvalue weighted by molar-refractivity contribution is 5.83. The maximum absolute atomic E-state index is 10.6. The number of carboxylic acid groups (broad SMARTS) is 1. The fourth-order valence-corrected chi connectivity index (χ4v) is 0.972. The molecule has 11 heavy (non-hydrogen) atoms. The topological polar surface area (TPSA) is 75.6 Å². The van der Waals surface area contributed by atoms with E-state index in [1.54, 1.807) is 13.8 Å². The summed E-state index contributed by atoms with van der Waals surface area (Å²) in [5.74, 6) is -1.13. The van der Waals surface area contributed by atoms with Crippen molar-refractivity contribution in [3.63, 3.8) is 0 Å². The van der Waals surface area contributed by atoms with Crippen LogP contribution in [0.15, 0.2) is 0 Å². The van der Waals surface area contributed by atoms with Crippen molar-refractivity contribution in [3.05, 3.63) is 0 Å². The molecule has 0 aromatic heterocycles. The van der Waals surface area contributed by atoms with Crippen molar-refractivity contribution in [2.75, 3.05) is 0 Å². The second kappa shape index (κ2) is 2.11. The molecular weight excluding hydrogens is 150 g/mol. The van der Waals surface area contributed by atoms with Gasteiger partial charge in [-0.05, 0) is 13.8 Å². The summed E-state index contributed by atoms with van der Waals surface area (Å²) in [6.45, 7) is 3.19. The van der Waals surface area contributed by atoms with Crippen molar-refractivity contribution in [1.82, 2.24) is 5.32 Å². The van der Waals surface area contributed by atoms with Gasteiger partial charge < -0.3 is 15.2 Å². The second-order valence-corrected chi connectivity index (χ2v) is 2.97. The number of carbonyl (C=O) groups is 2. The number of alkyl carbamates (subject to hydrolysis) is 1. The molecule has 0 saturated carbocycles. The van der Waals surface area contributed by atoms with Gasteiger partial charge in [0.1, 0.15) is 0 Å². The minimum Gasteiger partial charge on any atom is -0.478 e. The molecule has 5 heteroatoms. The monoisotopic (exact) mass is 159 g/mol. The van der Waals surface area contributed by atoms with Crippen LogP contribution < -0.4 is 5.32 Å². The smallest absolute Gasteiger partial charge is 0.408 e. The van der Waals surface area contributed by atoms with Crippen LogP contribution in [0.5, 0.6) is 0 Å². The number of amides is 1. The van der Waals surface area contributed by atoms with E-state index in [2.05, 4.69) is 10.1 Å². The van der Waals surface area contributed by atoms with Gasteiger partial charge in [-0.15, -0.1) is 0 Å². The highest BCUT2D eigenvalue weighted by Crippen LogP contribution is 2.19. The van der Waals surface area contributed by atoms with Crippen LogP contribution in [0, 0.1) is 0 Å². The summed E-state index contributed by atoms with van der Waals surface area (Å²) >= 11 is 0. The van der Waals surface area contributed by atoms with Crippen LogP contribution in [-0.4, -0.2) is 28.8 Å². The summed E-state index contributed by atoms with van der Waals surface area (Å²) in [7, 11) is 0. The van der Waals surface area contributed by atoms with Gasteiger partial charge in [0, 0.05) is 0 Å². The Morgan fingerprint density at radius 3 is 2.45 bits per heavy atom. The highest BCUT2D eigenvalue weighted by atomic mass is 16.6. The number of hydrogen-bond donors (Lipinski definition) is 2. The van der Waals surface area contributed by atoms with E-state index in [9.17, 15) is 9.59 Å². The zero-order chi connectivity index (χ0) is 8.65. The molecule has 1 atom stereocenters. The van der Waals surface area contributed by atoms with E-state index >= 15 is 0 Å². The van der Waals surface area contributed by atoms with Crippen LogP contribution in [0.25, 0.3) is 0 Å². The lowest BCUT2D eigenvalue weighted by Gasteiger charge is -2.18. The average Bonchev–Trinajstić information content (AvgIpc) is 2.04. The fraction of sp³-hybridized carbons (Fsp3) is 0.667.